The van der Waals surface area contributed by atoms with Crippen molar-refractivity contribution in [2.45, 2.75) is 0 Å². The number of rotatable bonds is 2. The van der Waals surface area contributed by atoms with Gasteiger partial charge in [0.1, 0.15) is 0 Å². The first-order chi connectivity index (χ1) is 3.13. The second-order valence-corrected chi connectivity index (χ2v) is 2.05. The highest BCUT2D eigenvalue weighted by molar-refractivity contribution is 14.1. The maximum absolute atomic E-state index is 9.80. The SMILES string of the molecule is O=C(I)C[N+](=O)[O-]. The topological polar surface area (TPSA) is 60.2 Å². The monoisotopic (exact) mass is 215 g/mol. The van der Waals surface area contributed by atoms with Gasteiger partial charge in [-0.25, -0.2) is 0 Å². The van der Waals surface area contributed by atoms with E-state index in [1.165, 1.54) is 22.6 Å². The standard InChI is InChI=1S/C2H2INO3/c3-2(5)1-4(6)7/h1H2. The summed E-state index contributed by atoms with van der Waals surface area (Å²) in [5, 5.41) is 9.39. The maximum Gasteiger partial charge on any atom is 0.271 e. The van der Waals surface area contributed by atoms with E-state index in [0.29, 0.717) is 0 Å². The van der Waals surface area contributed by atoms with Gasteiger partial charge in [0.2, 0.25) is 0 Å². The molecule has 0 aliphatic heterocycles. The zero-order chi connectivity index (χ0) is 5.86. The minimum Gasteiger partial charge on any atom is -0.280 e. The number of nitrogens with zero attached hydrogens (tertiary/aromatic N) is 1. The first-order valence-corrected chi connectivity index (χ1v) is 2.51. The summed E-state index contributed by atoms with van der Waals surface area (Å²) in [7, 11) is 0. The second-order valence-electron chi connectivity index (χ2n) is 0.846. The molecule has 0 spiro atoms. The maximum atomic E-state index is 9.80. The van der Waals surface area contributed by atoms with E-state index in [1.54, 1.807) is 0 Å². The van der Waals surface area contributed by atoms with E-state index in [9.17, 15) is 14.9 Å². The molecule has 0 unspecified atom stereocenters. The molecule has 0 fully saturated rings. The van der Waals surface area contributed by atoms with Crippen LogP contribution in [0.1, 0.15) is 0 Å². The molecular formula is C2H2INO3. The van der Waals surface area contributed by atoms with Crippen LogP contribution in [0.15, 0.2) is 0 Å². The van der Waals surface area contributed by atoms with Crippen LogP contribution in [0, 0.1) is 10.1 Å². The lowest BCUT2D eigenvalue weighted by atomic mass is 10.8. The van der Waals surface area contributed by atoms with Crippen molar-refractivity contribution in [2.75, 3.05) is 6.54 Å². The summed E-state index contributed by atoms with van der Waals surface area (Å²) < 4.78 is -0.442. The fraction of sp³-hybridized carbons (Fsp3) is 0.500. The highest BCUT2D eigenvalue weighted by Gasteiger charge is 2.01. The van der Waals surface area contributed by atoms with Gasteiger partial charge in [0, 0.05) is 27.5 Å². The largest absolute Gasteiger partial charge is 0.280 e. The molecule has 0 saturated carbocycles. The number of hydrogen-bond acceptors (Lipinski definition) is 3. The molecule has 0 aliphatic carbocycles. The average molecular weight is 215 g/mol. The predicted octanol–water partition coefficient (Wildman–Crippen LogP) is 0.225. The minimum atomic E-state index is -0.658. The Balaban J connectivity index is 3.32. The fourth-order valence-corrected chi connectivity index (χ4v) is 0.380. The molecule has 5 heteroatoms. The van der Waals surface area contributed by atoms with Gasteiger partial charge in [-0.05, 0) is 0 Å². The Morgan fingerprint density at radius 1 is 1.86 bits per heavy atom. The molecule has 0 aliphatic rings. The van der Waals surface area contributed by atoms with Crippen LogP contribution in [0.25, 0.3) is 0 Å². The summed E-state index contributed by atoms with van der Waals surface area (Å²) in [6, 6.07) is 0. The van der Waals surface area contributed by atoms with Gasteiger partial charge >= 0.3 is 0 Å². The summed E-state index contributed by atoms with van der Waals surface area (Å²) in [6.45, 7) is -0.569. The van der Waals surface area contributed by atoms with Gasteiger partial charge in [0.05, 0.1) is 0 Å². The lowest BCUT2D eigenvalue weighted by Crippen LogP contribution is -2.05. The summed E-state index contributed by atoms with van der Waals surface area (Å²) in [5.74, 6) is 0. The van der Waals surface area contributed by atoms with Crippen molar-refractivity contribution in [3.8, 4) is 0 Å². The minimum absolute atomic E-state index is 0.442. The molecule has 7 heavy (non-hydrogen) atoms. The van der Waals surface area contributed by atoms with E-state index in [1.807, 2.05) is 0 Å². The zero-order valence-corrected chi connectivity index (χ0v) is 5.41. The smallest absolute Gasteiger partial charge is 0.271 e. The molecule has 0 aromatic rings. The van der Waals surface area contributed by atoms with Gasteiger partial charge in [0.15, 0.2) is 0 Å². The fourth-order valence-electron chi connectivity index (χ4n) is 0.101. The van der Waals surface area contributed by atoms with Crippen LogP contribution in [-0.4, -0.2) is 15.3 Å². The highest BCUT2D eigenvalue weighted by Crippen LogP contribution is 1.83. The first kappa shape index (κ1) is 6.80. The van der Waals surface area contributed by atoms with Gasteiger partial charge in [-0.3, -0.25) is 14.9 Å². The van der Waals surface area contributed by atoms with E-state index in [2.05, 4.69) is 0 Å². The number of carbonyl (C=O) groups is 1. The molecule has 0 aromatic heterocycles. The lowest BCUT2D eigenvalue weighted by Gasteiger charge is -1.79. The summed E-state index contributed by atoms with van der Waals surface area (Å²) in [6.07, 6.45) is 0. The van der Waals surface area contributed by atoms with Gasteiger partial charge in [0.25, 0.3) is 10.3 Å². The van der Waals surface area contributed by atoms with E-state index in [-0.39, 0.29) is 0 Å². The zero-order valence-electron chi connectivity index (χ0n) is 3.26. The highest BCUT2D eigenvalue weighted by atomic mass is 127. The van der Waals surface area contributed by atoms with Crippen molar-refractivity contribution < 1.29 is 9.72 Å². The van der Waals surface area contributed by atoms with Crippen molar-refractivity contribution in [1.29, 1.82) is 0 Å². The molecule has 0 N–H and O–H groups in total. The molecule has 0 radical (unpaired) electrons. The quantitative estimate of drug-likeness (QED) is 0.286. The second kappa shape index (κ2) is 2.89. The van der Waals surface area contributed by atoms with Crippen molar-refractivity contribution in [1.82, 2.24) is 0 Å². The summed E-state index contributed by atoms with van der Waals surface area (Å²) in [5.41, 5.74) is 0. The van der Waals surface area contributed by atoms with E-state index < -0.39 is 15.3 Å². The van der Waals surface area contributed by atoms with Gasteiger partial charge < -0.3 is 0 Å². The van der Waals surface area contributed by atoms with Crippen molar-refractivity contribution in [2.24, 2.45) is 0 Å². The summed E-state index contributed by atoms with van der Waals surface area (Å²) in [4.78, 5) is 18.5. The molecule has 0 heterocycles. The van der Waals surface area contributed by atoms with Crippen LogP contribution in [0.5, 0.6) is 0 Å². The predicted molar refractivity (Wildman–Crippen MR) is 30.9 cm³/mol. The lowest BCUT2D eigenvalue weighted by molar-refractivity contribution is -0.465. The molecule has 0 aromatic carbocycles. The van der Waals surface area contributed by atoms with E-state index in [0.717, 1.165) is 0 Å². The molecule has 0 saturated heterocycles. The molecule has 0 atom stereocenters. The number of nitro groups is 1. The molecule has 4 nitrogen and oxygen atoms in total. The Kier molecular flexibility index (Phi) is 2.81. The number of hydrogen-bond donors (Lipinski definition) is 0. The molecule has 0 amide bonds. The molecule has 0 bridgehead atoms. The van der Waals surface area contributed by atoms with Crippen LogP contribution < -0.4 is 0 Å². The van der Waals surface area contributed by atoms with Crippen molar-refractivity contribution in [3.05, 3.63) is 10.1 Å². The van der Waals surface area contributed by atoms with Crippen molar-refractivity contribution >= 4 is 26.4 Å². The first-order valence-electron chi connectivity index (χ1n) is 1.43. The Morgan fingerprint density at radius 2 is 2.29 bits per heavy atom. The Labute approximate surface area is 53.2 Å². The van der Waals surface area contributed by atoms with Crippen LogP contribution in [0.3, 0.4) is 0 Å². The third kappa shape index (κ3) is 5.80. The van der Waals surface area contributed by atoms with Gasteiger partial charge in [-0.1, -0.05) is 0 Å². The Morgan fingerprint density at radius 3 is 2.29 bits per heavy atom. The third-order valence-electron chi connectivity index (χ3n) is 0.253. The third-order valence-corrected chi connectivity index (χ3v) is 0.595. The van der Waals surface area contributed by atoms with Crippen LogP contribution >= 0.6 is 22.6 Å². The molecule has 40 valence electrons. The Hall–Kier alpha value is -0.200. The van der Waals surface area contributed by atoms with E-state index in [4.69, 9.17) is 0 Å². The summed E-state index contributed by atoms with van der Waals surface area (Å²) >= 11 is 1.38. The van der Waals surface area contributed by atoms with Crippen molar-refractivity contribution in [3.63, 3.8) is 0 Å². The molecule has 0 rings (SSSR count). The van der Waals surface area contributed by atoms with Crippen LogP contribution in [-0.2, 0) is 4.79 Å². The van der Waals surface area contributed by atoms with Crippen LogP contribution in [0.2, 0.25) is 0 Å². The van der Waals surface area contributed by atoms with Gasteiger partial charge in [-0.2, -0.15) is 0 Å². The van der Waals surface area contributed by atoms with Crippen LogP contribution in [0.4, 0.5) is 0 Å². The Bertz CT molecular complexity index is 89.1. The van der Waals surface area contributed by atoms with E-state index >= 15 is 0 Å². The average Bonchev–Trinajstić information content (AvgIpc) is 1.27. The molecular weight excluding hydrogens is 213 g/mol. The number of carbonyl (C=O) groups excluding carboxylic acids is 1. The normalized spacial score (nSPS) is 8.14. The van der Waals surface area contributed by atoms with Gasteiger partial charge in [-0.15, -0.1) is 0 Å². The number of halogens is 1.